The first-order valence-electron chi connectivity index (χ1n) is 13.5. The quantitative estimate of drug-likeness (QED) is 0.431. The highest BCUT2D eigenvalue weighted by Crippen LogP contribution is 2.37. The Kier molecular flexibility index (Phi) is 11.3. The zero-order valence-corrected chi connectivity index (χ0v) is 24.0. The molecule has 1 atom stereocenters. The number of carbonyl (C=O) groups excluding carboxylic acids is 4. The fourth-order valence-corrected chi connectivity index (χ4v) is 4.39. The smallest absolute Gasteiger partial charge is 0.251 e. The molecule has 0 saturated heterocycles. The molecule has 1 aliphatic rings. The van der Waals surface area contributed by atoms with E-state index in [2.05, 4.69) is 16.0 Å². The van der Waals surface area contributed by atoms with Gasteiger partial charge in [0.15, 0.2) is 11.5 Å². The first-order chi connectivity index (χ1) is 19.7. The maximum atomic E-state index is 13.3. The van der Waals surface area contributed by atoms with Crippen LogP contribution in [-0.2, 0) is 20.9 Å². The van der Waals surface area contributed by atoms with Crippen LogP contribution in [0.4, 0.5) is 0 Å². The monoisotopic (exact) mass is 569 g/mol. The Labute approximate surface area is 239 Å². The molecular weight excluding hydrogens is 530 g/mol. The number of methoxy groups -OCH3 is 2. The Bertz CT molecular complexity index is 1250. The Morgan fingerprint density at radius 1 is 1.05 bits per heavy atom. The van der Waals surface area contributed by atoms with Crippen molar-refractivity contribution >= 4 is 23.6 Å². The fraction of sp³-hybridized carbons (Fsp3) is 0.448. The van der Waals surface area contributed by atoms with Crippen molar-refractivity contribution in [1.29, 1.82) is 0 Å². The third-order valence-electron chi connectivity index (χ3n) is 6.66. The summed E-state index contributed by atoms with van der Waals surface area (Å²) in [5.41, 5.74) is 6.47. The third-order valence-corrected chi connectivity index (χ3v) is 6.66. The number of hydrogen-bond acceptors (Lipinski definition) is 8. The zero-order valence-electron chi connectivity index (χ0n) is 24.0. The van der Waals surface area contributed by atoms with Gasteiger partial charge in [0.05, 0.1) is 39.4 Å². The highest BCUT2D eigenvalue weighted by Gasteiger charge is 2.26. The topological polar surface area (TPSA) is 161 Å². The molecule has 0 aromatic heterocycles. The van der Waals surface area contributed by atoms with E-state index >= 15 is 0 Å². The number of nitrogens with zero attached hydrogens (tertiary/aromatic N) is 1. The Morgan fingerprint density at radius 2 is 1.80 bits per heavy atom. The Hall–Kier alpha value is -4.32. The number of fused-ring (bicyclic) bond motifs is 3. The van der Waals surface area contributed by atoms with Crippen molar-refractivity contribution in [2.45, 2.75) is 39.3 Å². The molecule has 2 bridgehead atoms. The van der Waals surface area contributed by atoms with E-state index in [0.29, 0.717) is 53.5 Å². The lowest BCUT2D eigenvalue weighted by Gasteiger charge is -2.26. The number of nitrogens with one attached hydrogen (secondary N) is 3. The number of hydrogen-bond donors (Lipinski definition) is 4. The fourth-order valence-electron chi connectivity index (χ4n) is 4.39. The number of benzene rings is 2. The highest BCUT2D eigenvalue weighted by molar-refractivity contribution is 5.95. The zero-order chi connectivity index (χ0) is 29.9. The molecule has 0 aliphatic carbocycles. The minimum Gasteiger partial charge on any atom is -0.496 e. The van der Waals surface area contributed by atoms with Crippen molar-refractivity contribution in [3.63, 3.8) is 0 Å². The summed E-state index contributed by atoms with van der Waals surface area (Å²) in [5.74, 6) is -0.241. The first kappa shape index (κ1) is 31.2. The standard InChI is InChI=1S/C29H39N5O7/c1-18(2)27-29(38)32-16-20-21(39-3)8-7-9-22(20)41-24-14-19(10-11-23(24)40-4)28(37)31-12-5-6-13-34(26(36)15-30)17-25(35)33-27/h7-11,14,18,27H,5-6,12-13,15-17,30H2,1-4H3,(H,31,37)(H,32,38)(H,33,35). The van der Waals surface area contributed by atoms with Gasteiger partial charge in [0.25, 0.3) is 5.91 Å². The minimum atomic E-state index is -0.853. The van der Waals surface area contributed by atoms with Crippen molar-refractivity contribution in [3.8, 4) is 23.0 Å². The molecule has 5 N–H and O–H groups in total. The lowest BCUT2D eigenvalue weighted by atomic mass is 10.0. The predicted molar refractivity (Wildman–Crippen MR) is 152 cm³/mol. The van der Waals surface area contributed by atoms with Gasteiger partial charge in [-0.25, -0.2) is 0 Å². The Morgan fingerprint density at radius 3 is 2.49 bits per heavy atom. The summed E-state index contributed by atoms with van der Waals surface area (Å²) in [4.78, 5) is 52.8. The molecule has 12 nitrogen and oxygen atoms in total. The van der Waals surface area contributed by atoms with Crippen LogP contribution in [0.15, 0.2) is 36.4 Å². The van der Waals surface area contributed by atoms with E-state index in [4.69, 9.17) is 19.9 Å². The molecule has 222 valence electrons. The molecule has 1 unspecified atom stereocenters. The summed E-state index contributed by atoms with van der Waals surface area (Å²) in [6, 6.07) is 9.20. The molecular formula is C29H39N5O7. The molecule has 41 heavy (non-hydrogen) atoms. The number of nitrogens with two attached hydrogens (primary N) is 1. The molecule has 0 radical (unpaired) electrons. The summed E-state index contributed by atoms with van der Waals surface area (Å²) in [7, 11) is 3.00. The summed E-state index contributed by atoms with van der Waals surface area (Å²) >= 11 is 0. The molecule has 12 heteroatoms. The summed E-state index contributed by atoms with van der Waals surface area (Å²) in [5, 5.41) is 8.49. The SMILES string of the molecule is COc1ccc2cc1Oc1cccc(OC)c1CNC(=O)C(C(C)C)NC(=O)CN(C(=O)CN)CCCCNC2=O. The number of carbonyl (C=O) groups is 4. The number of amides is 4. The molecule has 0 spiro atoms. The third kappa shape index (κ3) is 8.34. The van der Waals surface area contributed by atoms with Gasteiger partial charge in [-0.05, 0) is 49.1 Å². The van der Waals surface area contributed by atoms with Crippen molar-refractivity contribution in [2.24, 2.45) is 11.7 Å². The highest BCUT2D eigenvalue weighted by atomic mass is 16.5. The van der Waals surface area contributed by atoms with Crippen LogP contribution >= 0.6 is 0 Å². The van der Waals surface area contributed by atoms with Gasteiger partial charge in [-0.3, -0.25) is 19.2 Å². The van der Waals surface area contributed by atoms with Gasteiger partial charge >= 0.3 is 0 Å². The average Bonchev–Trinajstić information content (AvgIpc) is 2.96. The van der Waals surface area contributed by atoms with Crippen molar-refractivity contribution < 1.29 is 33.4 Å². The van der Waals surface area contributed by atoms with E-state index in [-0.39, 0.29) is 43.9 Å². The summed E-state index contributed by atoms with van der Waals surface area (Å²) < 4.78 is 17.2. The van der Waals surface area contributed by atoms with E-state index in [1.807, 2.05) is 13.8 Å². The van der Waals surface area contributed by atoms with Gasteiger partial charge in [0, 0.05) is 18.7 Å². The van der Waals surface area contributed by atoms with Crippen molar-refractivity contribution in [3.05, 3.63) is 47.5 Å². The van der Waals surface area contributed by atoms with Crippen molar-refractivity contribution in [1.82, 2.24) is 20.9 Å². The van der Waals surface area contributed by atoms with Gasteiger partial charge in [-0.1, -0.05) is 19.9 Å². The lowest BCUT2D eigenvalue weighted by Crippen LogP contribution is -2.52. The molecule has 2 aromatic carbocycles. The first-order valence-corrected chi connectivity index (χ1v) is 13.5. The molecule has 4 amide bonds. The number of rotatable bonds is 4. The van der Waals surface area contributed by atoms with Gasteiger partial charge in [0.2, 0.25) is 17.7 Å². The number of ether oxygens (including phenoxy) is 3. The average molecular weight is 570 g/mol. The van der Waals surface area contributed by atoms with Crippen LogP contribution in [0.2, 0.25) is 0 Å². The molecule has 1 aliphatic heterocycles. The van der Waals surface area contributed by atoms with E-state index in [0.717, 1.165) is 0 Å². The van der Waals surface area contributed by atoms with Crippen LogP contribution in [0.1, 0.15) is 42.6 Å². The molecule has 0 fully saturated rings. The van der Waals surface area contributed by atoms with E-state index in [9.17, 15) is 19.2 Å². The Balaban J connectivity index is 1.99. The minimum absolute atomic E-state index is 0.0253. The molecule has 0 saturated carbocycles. The van der Waals surface area contributed by atoms with Crippen LogP contribution in [0.25, 0.3) is 0 Å². The lowest BCUT2D eigenvalue weighted by molar-refractivity contribution is -0.136. The van der Waals surface area contributed by atoms with Crippen LogP contribution in [0, 0.1) is 5.92 Å². The van der Waals surface area contributed by atoms with Crippen LogP contribution < -0.4 is 35.9 Å². The maximum absolute atomic E-state index is 13.3. The molecule has 3 rings (SSSR count). The van der Waals surface area contributed by atoms with E-state index in [1.165, 1.54) is 19.1 Å². The van der Waals surface area contributed by atoms with Gasteiger partial charge in [-0.2, -0.15) is 0 Å². The summed E-state index contributed by atoms with van der Waals surface area (Å²) in [6.45, 7) is 3.80. The molecule has 2 aromatic rings. The van der Waals surface area contributed by atoms with Gasteiger partial charge < -0.3 is 40.8 Å². The predicted octanol–water partition coefficient (Wildman–Crippen LogP) is 1.56. The van der Waals surface area contributed by atoms with Gasteiger partial charge in [-0.15, -0.1) is 0 Å². The second-order valence-corrected chi connectivity index (χ2v) is 9.89. The van der Waals surface area contributed by atoms with Crippen LogP contribution in [0.3, 0.4) is 0 Å². The van der Waals surface area contributed by atoms with Gasteiger partial charge in [0.1, 0.15) is 17.5 Å². The summed E-state index contributed by atoms with van der Waals surface area (Å²) in [6.07, 6.45) is 1.09. The van der Waals surface area contributed by atoms with Crippen molar-refractivity contribution in [2.75, 3.05) is 40.4 Å². The normalized spacial score (nSPS) is 17.4. The largest absolute Gasteiger partial charge is 0.496 e. The maximum Gasteiger partial charge on any atom is 0.251 e. The van der Waals surface area contributed by atoms with E-state index < -0.39 is 17.9 Å². The second kappa shape index (κ2) is 14.9. The van der Waals surface area contributed by atoms with E-state index in [1.54, 1.807) is 36.4 Å². The van der Waals surface area contributed by atoms with Crippen LogP contribution in [0.5, 0.6) is 23.0 Å². The van der Waals surface area contributed by atoms with Crippen LogP contribution in [-0.4, -0.2) is 75.0 Å². The molecule has 1 heterocycles. The second-order valence-electron chi connectivity index (χ2n) is 9.89.